The van der Waals surface area contributed by atoms with Gasteiger partial charge in [0.15, 0.2) is 0 Å². The molecule has 1 saturated heterocycles. The molecule has 1 unspecified atom stereocenters. The van der Waals surface area contributed by atoms with E-state index in [0.29, 0.717) is 29.4 Å². The Bertz CT molecular complexity index is 897. The Hall–Kier alpha value is -3.14. The number of benzene rings is 2. The highest BCUT2D eigenvalue weighted by atomic mass is 35.5. The van der Waals surface area contributed by atoms with Gasteiger partial charge in [-0.2, -0.15) is 0 Å². The van der Waals surface area contributed by atoms with E-state index in [9.17, 15) is 4.79 Å². The van der Waals surface area contributed by atoms with Gasteiger partial charge in [-0.25, -0.2) is 9.59 Å². The number of carboxylic acid groups (broad SMARTS) is 2. The highest BCUT2D eigenvalue weighted by Crippen LogP contribution is 2.19. The molecule has 2 aromatic carbocycles. The maximum atomic E-state index is 12.2. The molecule has 166 valence electrons. The van der Waals surface area contributed by atoms with Crippen LogP contribution in [0.5, 0.6) is 0 Å². The Morgan fingerprint density at radius 3 is 2.42 bits per heavy atom. The zero-order chi connectivity index (χ0) is 22.8. The van der Waals surface area contributed by atoms with Crippen LogP contribution in [0.15, 0.2) is 48.5 Å². The fourth-order valence-electron chi connectivity index (χ4n) is 2.87. The number of amides is 1. The van der Waals surface area contributed by atoms with E-state index in [4.69, 9.17) is 41.9 Å². The molecule has 10 heteroatoms. The van der Waals surface area contributed by atoms with Crippen molar-refractivity contribution in [1.82, 2.24) is 10.2 Å². The number of anilines is 1. The normalized spacial score (nSPS) is 16.0. The molecule has 0 radical (unpaired) electrons. The number of nitrogens with zero attached hydrogens (tertiary/aromatic N) is 1. The lowest BCUT2D eigenvalue weighted by Crippen LogP contribution is -2.47. The summed E-state index contributed by atoms with van der Waals surface area (Å²) in [4.78, 5) is 32.8. The standard InChI is InChI=1S/C19H22ClN3O2.C2H2O4/c20-17-10-15(6-7-18(17)21)19(24)22-11-16-13-23(8-9-25-16)12-14-4-2-1-3-5-14;3-1(4)2(5)6/h1-7,10,16H,8-9,11-13,21H2,(H,22,24);(H,3,4)(H,5,6). The SMILES string of the molecule is Nc1ccc(C(=O)NCC2CN(Cc3ccccc3)CCO2)cc1Cl.O=C(O)C(=O)O. The number of hydrogen-bond acceptors (Lipinski definition) is 6. The van der Waals surface area contributed by atoms with Gasteiger partial charge in [0.25, 0.3) is 5.91 Å². The van der Waals surface area contributed by atoms with Gasteiger partial charge in [0.05, 0.1) is 23.4 Å². The fraction of sp³-hybridized carbons (Fsp3) is 0.286. The van der Waals surface area contributed by atoms with Gasteiger partial charge >= 0.3 is 11.9 Å². The number of nitrogens with two attached hydrogens (primary N) is 1. The zero-order valence-corrected chi connectivity index (χ0v) is 17.4. The predicted octanol–water partition coefficient (Wildman–Crippen LogP) is 1.71. The average Bonchev–Trinajstić information content (AvgIpc) is 2.75. The van der Waals surface area contributed by atoms with Crippen molar-refractivity contribution < 1.29 is 29.3 Å². The monoisotopic (exact) mass is 449 g/mol. The molecule has 0 aromatic heterocycles. The Balaban J connectivity index is 0.000000501. The van der Waals surface area contributed by atoms with Gasteiger partial charge < -0.3 is 26.0 Å². The van der Waals surface area contributed by atoms with Crippen molar-refractivity contribution in [3.8, 4) is 0 Å². The van der Waals surface area contributed by atoms with Crippen molar-refractivity contribution in [2.75, 3.05) is 32.0 Å². The minimum absolute atomic E-state index is 0.0225. The van der Waals surface area contributed by atoms with Crippen molar-refractivity contribution >= 4 is 35.1 Å². The van der Waals surface area contributed by atoms with Crippen molar-refractivity contribution in [3.05, 3.63) is 64.7 Å². The number of morpholine rings is 1. The predicted molar refractivity (Wildman–Crippen MR) is 115 cm³/mol. The van der Waals surface area contributed by atoms with Crippen LogP contribution >= 0.6 is 11.6 Å². The van der Waals surface area contributed by atoms with Crippen LogP contribution in [0.25, 0.3) is 0 Å². The number of carbonyl (C=O) groups is 3. The van der Waals surface area contributed by atoms with Crippen LogP contribution < -0.4 is 11.1 Å². The molecular formula is C21H24ClN3O6. The lowest BCUT2D eigenvalue weighted by Gasteiger charge is -2.33. The van der Waals surface area contributed by atoms with Crippen LogP contribution in [0.2, 0.25) is 5.02 Å². The minimum Gasteiger partial charge on any atom is -0.473 e. The molecule has 5 N–H and O–H groups in total. The third-order valence-corrected chi connectivity index (χ3v) is 4.74. The molecular weight excluding hydrogens is 426 g/mol. The summed E-state index contributed by atoms with van der Waals surface area (Å²) in [7, 11) is 0. The summed E-state index contributed by atoms with van der Waals surface area (Å²) in [6, 6.07) is 15.2. The van der Waals surface area contributed by atoms with Crippen molar-refractivity contribution in [2.45, 2.75) is 12.6 Å². The first-order valence-corrected chi connectivity index (χ1v) is 9.81. The summed E-state index contributed by atoms with van der Waals surface area (Å²) in [5.74, 6) is -3.82. The molecule has 1 aliphatic heterocycles. The van der Waals surface area contributed by atoms with Gasteiger partial charge in [0.2, 0.25) is 0 Å². The second-order valence-electron chi connectivity index (χ2n) is 6.77. The number of ether oxygens (including phenoxy) is 1. The van der Waals surface area contributed by atoms with E-state index in [2.05, 4.69) is 22.3 Å². The molecule has 1 amide bonds. The molecule has 3 rings (SSSR count). The number of rotatable bonds is 5. The summed E-state index contributed by atoms with van der Waals surface area (Å²) >= 11 is 5.97. The third-order valence-electron chi connectivity index (χ3n) is 4.41. The first-order chi connectivity index (χ1) is 14.8. The van der Waals surface area contributed by atoms with Gasteiger partial charge in [-0.1, -0.05) is 41.9 Å². The van der Waals surface area contributed by atoms with Crippen LogP contribution in [0.3, 0.4) is 0 Å². The Morgan fingerprint density at radius 2 is 1.81 bits per heavy atom. The number of carbonyl (C=O) groups excluding carboxylic acids is 1. The lowest BCUT2D eigenvalue weighted by molar-refractivity contribution is -0.159. The van der Waals surface area contributed by atoms with Crippen molar-refractivity contribution in [3.63, 3.8) is 0 Å². The molecule has 1 aliphatic rings. The van der Waals surface area contributed by atoms with Crippen molar-refractivity contribution in [2.24, 2.45) is 0 Å². The van der Waals surface area contributed by atoms with Crippen LogP contribution in [-0.2, 0) is 20.9 Å². The fourth-order valence-corrected chi connectivity index (χ4v) is 3.05. The van der Waals surface area contributed by atoms with E-state index >= 15 is 0 Å². The van der Waals surface area contributed by atoms with E-state index < -0.39 is 11.9 Å². The molecule has 0 aliphatic carbocycles. The third kappa shape index (κ3) is 8.25. The van der Waals surface area contributed by atoms with Crippen LogP contribution in [-0.4, -0.2) is 65.3 Å². The topological polar surface area (TPSA) is 142 Å². The van der Waals surface area contributed by atoms with Crippen LogP contribution in [0.4, 0.5) is 5.69 Å². The number of hydrogen-bond donors (Lipinski definition) is 4. The maximum absolute atomic E-state index is 12.2. The van der Waals surface area contributed by atoms with E-state index in [1.807, 2.05) is 18.2 Å². The van der Waals surface area contributed by atoms with Gasteiger partial charge in [-0.05, 0) is 23.8 Å². The lowest BCUT2D eigenvalue weighted by atomic mass is 10.1. The molecule has 0 spiro atoms. The summed E-state index contributed by atoms with van der Waals surface area (Å²) < 4.78 is 5.77. The van der Waals surface area contributed by atoms with Crippen LogP contribution in [0.1, 0.15) is 15.9 Å². The number of halogens is 1. The number of carboxylic acids is 2. The molecule has 1 atom stereocenters. The van der Waals surface area contributed by atoms with E-state index in [0.717, 1.165) is 19.6 Å². The molecule has 1 heterocycles. The maximum Gasteiger partial charge on any atom is 0.414 e. The van der Waals surface area contributed by atoms with Gasteiger partial charge in [-0.3, -0.25) is 9.69 Å². The van der Waals surface area contributed by atoms with Gasteiger partial charge in [0, 0.05) is 31.7 Å². The summed E-state index contributed by atoms with van der Waals surface area (Å²) in [6.45, 7) is 3.71. The molecule has 0 bridgehead atoms. The van der Waals surface area contributed by atoms with Gasteiger partial charge in [-0.15, -0.1) is 0 Å². The summed E-state index contributed by atoms with van der Waals surface area (Å²) in [5, 5.41) is 18.1. The first-order valence-electron chi connectivity index (χ1n) is 9.43. The highest BCUT2D eigenvalue weighted by molar-refractivity contribution is 6.33. The molecule has 9 nitrogen and oxygen atoms in total. The Kier molecular flexibility index (Phi) is 9.26. The Labute approximate surface area is 184 Å². The molecule has 31 heavy (non-hydrogen) atoms. The quantitative estimate of drug-likeness (QED) is 0.399. The zero-order valence-electron chi connectivity index (χ0n) is 16.7. The second-order valence-corrected chi connectivity index (χ2v) is 7.18. The average molecular weight is 450 g/mol. The number of nitrogen functional groups attached to an aromatic ring is 1. The largest absolute Gasteiger partial charge is 0.473 e. The second kappa shape index (κ2) is 11.9. The minimum atomic E-state index is -1.82. The summed E-state index contributed by atoms with van der Waals surface area (Å²) in [6.07, 6.45) is -0.0225. The Morgan fingerprint density at radius 1 is 1.13 bits per heavy atom. The number of nitrogens with one attached hydrogen (secondary N) is 1. The van der Waals surface area contributed by atoms with E-state index in [1.165, 1.54) is 5.56 Å². The molecule has 0 saturated carbocycles. The van der Waals surface area contributed by atoms with E-state index in [-0.39, 0.29) is 12.0 Å². The van der Waals surface area contributed by atoms with Crippen LogP contribution in [0, 0.1) is 0 Å². The van der Waals surface area contributed by atoms with Gasteiger partial charge in [0.1, 0.15) is 0 Å². The molecule has 2 aromatic rings. The number of aliphatic carboxylic acids is 2. The van der Waals surface area contributed by atoms with E-state index in [1.54, 1.807) is 18.2 Å². The smallest absolute Gasteiger partial charge is 0.414 e. The summed E-state index contributed by atoms with van der Waals surface area (Å²) in [5.41, 5.74) is 7.91. The molecule has 1 fully saturated rings. The first kappa shape index (κ1) is 24.1. The highest BCUT2D eigenvalue weighted by Gasteiger charge is 2.21. The van der Waals surface area contributed by atoms with Crippen molar-refractivity contribution in [1.29, 1.82) is 0 Å².